The number of anilines is 1. The van der Waals surface area contributed by atoms with Gasteiger partial charge in [0, 0.05) is 18.8 Å². The molecule has 8 heteroatoms. The molecule has 0 spiro atoms. The van der Waals surface area contributed by atoms with E-state index in [9.17, 15) is 17.2 Å². The van der Waals surface area contributed by atoms with Crippen molar-refractivity contribution in [2.45, 2.75) is 11.4 Å². The minimum Gasteiger partial charge on any atom is -0.325 e. The molecule has 3 N–H and O–H groups in total. The molecule has 0 radical (unpaired) electrons. The molecule has 106 valence electrons. The van der Waals surface area contributed by atoms with Gasteiger partial charge in [-0.1, -0.05) is 0 Å². The van der Waals surface area contributed by atoms with E-state index in [1.165, 1.54) is 18.3 Å². The highest BCUT2D eigenvalue weighted by Crippen LogP contribution is 2.19. The first-order valence-corrected chi connectivity index (χ1v) is 7.04. The summed E-state index contributed by atoms with van der Waals surface area (Å²) in [5.74, 6) is -2.20. The van der Waals surface area contributed by atoms with E-state index >= 15 is 0 Å². The molecule has 2 rings (SSSR count). The Morgan fingerprint density at radius 3 is 2.60 bits per heavy atom. The number of sulfonamides is 1. The summed E-state index contributed by atoms with van der Waals surface area (Å²) in [4.78, 5) is 3.75. The number of hydrogen-bond donors (Lipinski definition) is 2. The highest BCUT2D eigenvalue weighted by molar-refractivity contribution is 7.92. The molecular weight excluding hydrogens is 288 g/mol. The predicted octanol–water partition coefficient (Wildman–Crippen LogP) is 1.62. The lowest BCUT2D eigenvalue weighted by Gasteiger charge is -2.10. The van der Waals surface area contributed by atoms with E-state index in [-0.39, 0.29) is 22.8 Å². The SMILES string of the molecule is NCc1ncccc1S(=O)(=O)Nc1ccc(F)c(F)c1. The fourth-order valence-electron chi connectivity index (χ4n) is 1.59. The molecule has 0 amide bonds. The van der Waals surface area contributed by atoms with Gasteiger partial charge < -0.3 is 5.73 Å². The molecule has 0 atom stereocenters. The molecule has 1 aromatic carbocycles. The van der Waals surface area contributed by atoms with Crippen molar-refractivity contribution in [1.29, 1.82) is 0 Å². The van der Waals surface area contributed by atoms with Crippen LogP contribution in [0.4, 0.5) is 14.5 Å². The zero-order valence-corrected chi connectivity index (χ0v) is 11.0. The maximum absolute atomic E-state index is 13.1. The summed E-state index contributed by atoms with van der Waals surface area (Å²) in [5.41, 5.74) is 5.52. The monoisotopic (exact) mass is 299 g/mol. The van der Waals surface area contributed by atoms with Gasteiger partial charge >= 0.3 is 0 Å². The van der Waals surface area contributed by atoms with Gasteiger partial charge in [-0.25, -0.2) is 17.2 Å². The number of nitrogens with one attached hydrogen (secondary N) is 1. The Balaban J connectivity index is 2.38. The number of nitrogens with zero attached hydrogens (tertiary/aromatic N) is 1. The van der Waals surface area contributed by atoms with Crippen LogP contribution in [0.1, 0.15) is 5.69 Å². The lowest BCUT2D eigenvalue weighted by atomic mass is 10.3. The van der Waals surface area contributed by atoms with Gasteiger partial charge in [0.2, 0.25) is 0 Å². The first-order chi connectivity index (χ1) is 9.44. The summed E-state index contributed by atoms with van der Waals surface area (Å²) in [7, 11) is -3.97. The van der Waals surface area contributed by atoms with Gasteiger partial charge in [-0.2, -0.15) is 0 Å². The average molecular weight is 299 g/mol. The van der Waals surface area contributed by atoms with Crippen LogP contribution in [0.25, 0.3) is 0 Å². The summed E-state index contributed by atoms with van der Waals surface area (Å²) in [6.07, 6.45) is 1.42. The third kappa shape index (κ3) is 2.91. The Morgan fingerprint density at radius 1 is 1.20 bits per heavy atom. The van der Waals surface area contributed by atoms with Crippen LogP contribution < -0.4 is 10.5 Å². The third-order valence-electron chi connectivity index (χ3n) is 2.50. The van der Waals surface area contributed by atoms with Crippen LogP contribution in [0, 0.1) is 11.6 Å². The number of hydrogen-bond acceptors (Lipinski definition) is 4. The van der Waals surface area contributed by atoms with Crippen LogP contribution in [-0.4, -0.2) is 13.4 Å². The van der Waals surface area contributed by atoms with E-state index in [1.54, 1.807) is 0 Å². The molecule has 0 unspecified atom stereocenters. The van der Waals surface area contributed by atoms with Crippen LogP contribution in [-0.2, 0) is 16.6 Å². The van der Waals surface area contributed by atoms with Crippen molar-refractivity contribution in [2.75, 3.05) is 4.72 Å². The lowest BCUT2D eigenvalue weighted by molar-refractivity contribution is 0.509. The standard InChI is InChI=1S/C12H11F2N3O2S/c13-9-4-3-8(6-10(9)14)17-20(18,19)12-2-1-5-16-11(12)7-15/h1-6,17H,7,15H2. The fraction of sp³-hybridized carbons (Fsp3) is 0.0833. The lowest BCUT2D eigenvalue weighted by Crippen LogP contribution is -2.17. The molecule has 1 aromatic heterocycles. The Morgan fingerprint density at radius 2 is 1.95 bits per heavy atom. The molecule has 0 fully saturated rings. The summed E-state index contributed by atoms with van der Waals surface area (Å²) in [6, 6.07) is 5.48. The molecule has 0 saturated carbocycles. The average Bonchev–Trinajstić information content (AvgIpc) is 2.42. The van der Waals surface area contributed by atoms with Crippen LogP contribution in [0.5, 0.6) is 0 Å². The van der Waals surface area contributed by atoms with Crippen LogP contribution in [0.15, 0.2) is 41.4 Å². The zero-order valence-electron chi connectivity index (χ0n) is 10.2. The molecule has 2 aromatic rings. The molecule has 5 nitrogen and oxygen atoms in total. The number of benzene rings is 1. The van der Waals surface area contributed by atoms with E-state index in [1.807, 2.05) is 0 Å². The van der Waals surface area contributed by atoms with Gasteiger partial charge in [0.15, 0.2) is 11.6 Å². The number of rotatable bonds is 4. The van der Waals surface area contributed by atoms with Gasteiger partial charge in [0.25, 0.3) is 10.0 Å². The van der Waals surface area contributed by atoms with Crippen molar-refractivity contribution < 1.29 is 17.2 Å². The van der Waals surface area contributed by atoms with Gasteiger partial charge in [-0.15, -0.1) is 0 Å². The topological polar surface area (TPSA) is 85.1 Å². The molecular formula is C12H11F2N3O2S. The van der Waals surface area contributed by atoms with Crippen molar-refractivity contribution in [3.05, 3.63) is 53.9 Å². The normalized spacial score (nSPS) is 11.3. The van der Waals surface area contributed by atoms with Crippen molar-refractivity contribution in [2.24, 2.45) is 5.73 Å². The molecule has 0 aliphatic carbocycles. The van der Waals surface area contributed by atoms with Crippen molar-refractivity contribution in [3.8, 4) is 0 Å². The maximum Gasteiger partial charge on any atom is 0.263 e. The first-order valence-electron chi connectivity index (χ1n) is 5.56. The zero-order chi connectivity index (χ0) is 14.8. The number of nitrogens with two attached hydrogens (primary N) is 1. The van der Waals surface area contributed by atoms with Gasteiger partial charge in [0.05, 0.1) is 11.4 Å². The third-order valence-corrected chi connectivity index (χ3v) is 3.96. The smallest absolute Gasteiger partial charge is 0.263 e. The summed E-state index contributed by atoms with van der Waals surface area (Å²) in [5, 5.41) is 0. The Kier molecular flexibility index (Phi) is 3.96. The molecule has 0 bridgehead atoms. The first kappa shape index (κ1) is 14.4. The Bertz CT molecular complexity index is 735. The maximum atomic E-state index is 13.1. The van der Waals surface area contributed by atoms with E-state index in [4.69, 9.17) is 5.73 Å². The van der Waals surface area contributed by atoms with Crippen LogP contribution >= 0.6 is 0 Å². The quantitative estimate of drug-likeness (QED) is 0.898. The second kappa shape index (κ2) is 5.51. The predicted molar refractivity (Wildman–Crippen MR) is 69.3 cm³/mol. The minimum absolute atomic E-state index is 0.0607. The molecule has 1 heterocycles. The van der Waals surface area contributed by atoms with Crippen LogP contribution in [0.3, 0.4) is 0 Å². The van der Waals surface area contributed by atoms with E-state index in [0.29, 0.717) is 0 Å². The van der Waals surface area contributed by atoms with Gasteiger partial charge in [-0.05, 0) is 24.3 Å². The van der Waals surface area contributed by atoms with E-state index in [0.717, 1.165) is 18.2 Å². The molecule has 0 aliphatic rings. The highest BCUT2D eigenvalue weighted by Gasteiger charge is 2.19. The van der Waals surface area contributed by atoms with E-state index in [2.05, 4.69) is 9.71 Å². The summed E-state index contributed by atoms with van der Waals surface area (Å²) >= 11 is 0. The largest absolute Gasteiger partial charge is 0.325 e. The van der Waals surface area contributed by atoms with E-state index < -0.39 is 21.7 Å². The fourth-order valence-corrected chi connectivity index (χ4v) is 2.84. The number of aromatic nitrogens is 1. The number of halogens is 2. The minimum atomic E-state index is -3.97. The van der Waals surface area contributed by atoms with Crippen molar-refractivity contribution >= 4 is 15.7 Å². The Hall–Kier alpha value is -2.06. The molecule has 0 aliphatic heterocycles. The Labute approximate surface area is 114 Å². The van der Waals surface area contributed by atoms with Gasteiger partial charge in [-0.3, -0.25) is 9.71 Å². The van der Waals surface area contributed by atoms with Crippen LogP contribution in [0.2, 0.25) is 0 Å². The molecule has 0 saturated heterocycles. The number of pyridine rings is 1. The van der Waals surface area contributed by atoms with Crippen molar-refractivity contribution in [1.82, 2.24) is 4.98 Å². The highest BCUT2D eigenvalue weighted by atomic mass is 32.2. The molecule has 20 heavy (non-hydrogen) atoms. The van der Waals surface area contributed by atoms with Crippen molar-refractivity contribution in [3.63, 3.8) is 0 Å². The summed E-state index contributed by atoms with van der Waals surface area (Å²) < 4.78 is 52.3. The van der Waals surface area contributed by atoms with Gasteiger partial charge in [0.1, 0.15) is 4.90 Å². The second-order valence-electron chi connectivity index (χ2n) is 3.89. The summed E-state index contributed by atoms with van der Waals surface area (Å²) in [6.45, 7) is -0.0607. The second-order valence-corrected chi connectivity index (χ2v) is 5.54.